The highest BCUT2D eigenvalue weighted by Crippen LogP contribution is 2.32. The van der Waals surface area contributed by atoms with E-state index >= 15 is 0 Å². The second kappa shape index (κ2) is 9.94. The predicted octanol–water partition coefficient (Wildman–Crippen LogP) is 5.67. The molecule has 0 spiro atoms. The number of carbonyl (C=O) groups is 2. The van der Waals surface area contributed by atoms with Crippen LogP contribution in [0.5, 0.6) is 5.75 Å². The molecule has 0 radical (unpaired) electrons. The molecule has 8 heteroatoms. The molecule has 5 nitrogen and oxygen atoms in total. The zero-order chi connectivity index (χ0) is 24.2. The Kier molecular flexibility index (Phi) is 7.26. The van der Waals surface area contributed by atoms with E-state index < -0.39 is 29.7 Å². The van der Waals surface area contributed by atoms with E-state index in [1.807, 2.05) is 26.0 Å². The van der Waals surface area contributed by atoms with Crippen LogP contribution in [0.2, 0.25) is 0 Å². The normalized spacial score (nSPS) is 12.5. The number of carbonyl (C=O) groups excluding carboxylic acids is 1. The summed E-state index contributed by atoms with van der Waals surface area (Å²) in [4.78, 5) is 24.6. The van der Waals surface area contributed by atoms with Crippen molar-refractivity contribution in [2.45, 2.75) is 39.1 Å². The summed E-state index contributed by atoms with van der Waals surface area (Å²) in [5.74, 6) is -1.45. The van der Waals surface area contributed by atoms with Crippen molar-refractivity contribution < 1.29 is 32.6 Å². The number of amides is 1. The highest BCUT2D eigenvalue weighted by Gasteiger charge is 2.30. The second-order valence-corrected chi connectivity index (χ2v) is 8.14. The zero-order valence-corrected chi connectivity index (χ0v) is 18.1. The SMILES string of the molecule is CC(C)C[C@H](NC(=O)c1ccc2ccccc2c1OCc1ccc(C(F)(F)F)cc1)C(=O)O. The van der Waals surface area contributed by atoms with Crippen molar-refractivity contribution in [3.63, 3.8) is 0 Å². The minimum absolute atomic E-state index is 0.0541. The third-order valence-corrected chi connectivity index (χ3v) is 5.10. The maximum atomic E-state index is 13.0. The summed E-state index contributed by atoms with van der Waals surface area (Å²) in [7, 11) is 0. The molecule has 1 atom stereocenters. The number of aliphatic carboxylic acids is 1. The Morgan fingerprint density at radius 3 is 2.27 bits per heavy atom. The Balaban J connectivity index is 1.90. The smallest absolute Gasteiger partial charge is 0.416 e. The van der Waals surface area contributed by atoms with Gasteiger partial charge in [-0.3, -0.25) is 4.79 Å². The lowest BCUT2D eigenvalue weighted by molar-refractivity contribution is -0.140. The summed E-state index contributed by atoms with van der Waals surface area (Å²) >= 11 is 0. The fraction of sp³-hybridized carbons (Fsp3) is 0.280. The number of alkyl halides is 3. The molecule has 174 valence electrons. The Morgan fingerprint density at radius 2 is 1.67 bits per heavy atom. The van der Waals surface area contributed by atoms with Gasteiger partial charge in [0, 0.05) is 5.39 Å². The number of carboxylic acid groups (broad SMARTS) is 1. The monoisotopic (exact) mass is 459 g/mol. The van der Waals surface area contributed by atoms with Gasteiger partial charge in [0.15, 0.2) is 0 Å². The van der Waals surface area contributed by atoms with E-state index in [1.165, 1.54) is 12.1 Å². The van der Waals surface area contributed by atoms with Gasteiger partial charge in [-0.1, -0.05) is 56.3 Å². The summed E-state index contributed by atoms with van der Waals surface area (Å²) in [5.41, 5.74) is -0.123. The van der Waals surface area contributed by atoms with E-state index in [4.69, 9.17) is 4.74 Å². The van der Waals surface area contributed by atoms with Crippen LogP contribution in [0.25, 0.3) is 10.8 Å². The molecule has 0 aliphatic heterocycles. The first-order valence-corrected chi connectivity index (χ1v) is 10.4. The molecular formula is C25H24F3NO4. The molecular weight excluding hydrogens is 435 g/mol. The average molecular weight is 459 g/mol. The molecule has 0 saturated carbocycles. The Morgan fingerprint density at radius 1 is 1.00 bits per heavy atom. The molecule has 0 aliphatic rings. The molecule has 1 amide bonds. The first kappa shape index (κ1) is 24.1. The Hall–Kier alpha value is -3.55. The fourth-order valence-electron chi connectivity index (χ4n) is 3.45. The summed E-state index contributed by atoms with van der Waals surface area (Å²) in [5, 5.41) is 13.4. The molecule has 0 unspecified atom stereocenters. The minimum Gasteiger partial charge on any atom is -0.487 e. The zero-order valence-electron chi connectivity index (χ0n) is 18.1. The summed E-state index contributed by atoms with van der Waals surface area (Å²) < 4.78 is 44.3. The van der Waals surface area contributed by atoms with Crippen LogP contribution in [0.15, 0.2) is 60.7 Å². The number of hydrogen-bond acceptors (Lipinski definition) is 3. The van der Waals surface area contributed by atoms with Gasteiger partial charge in [-0.25, -0.2) is 4.79 Å². The highest BCUT2D eigenvalue weighted by atomic mass is 19.4. The van der Waals surface area contributed by atoms with Crippen LogP contribution in [0, 0.1) is 5.92 Å². The molecule has 2 N–H and O–H groups in total. The van der Waals surface area contributed by atoms with Gasteiger partial charge < -0.3 is 15.2 Å². The summed E-state index contributed by atoms with van der Waals surface area (Å²) in [6, 6.07) is 14.0. The fourth-order valence-corrected chi connectivity index (χ4v) is 3.45. The number of carboxylic acids is 1. The van der Waals surface area contributed by atoms with Crippen LogP contribution in [0.3, 0.4) is 0 Å². The average Bonchev–Trinajstić information content (AvgIpc) is 2.76. The number of fused-ring (bicyclic) bond motifs is 1. The summed E-state index contributed by atoms with van der Waals surface area (Å²) in [6.45, 7) is 3.65. The van der Waals surface area contributed by atoms with Gasteiger partial charge in [0.1, 0.15) is 18.4 Å². The number of ether oxygens (including phenoxy) is 1. The molecule has 0 bridgehead atoms. The largest absolute Gasteiger partial charge is 0.487 e. The number of nitrogens with one attached hydrogen (secondary N) is 1. The highest BCUT2D eigenvalue weighted by molar-refractivity contribution is 6.04. The standard InChI is InChI=1S/C25H24F3NO4/c1-15(2)13-21(24(31)32)29-23(30)20-12-9-17-5-3-4-6-19(17)22(20)33-14-16-7-10-18(11-8-16)25(26,27)28/h3-12,15,21H,13-14H2,1-2H3,(H,29,30)(H,31,32)/t21-/m0/s1. The third-order valence-electron chi connectivity index (χ3n) is 5.10. The van der Waals surface area contributed by atoms with Crippen molar-refractivity contribution in [1.82, 2.24) is 5.32 Å². The lowest BCUT2D eigenvalue weighted by Crippen LogP contribution is -2.41. The van der Waals surface area contributed by atoms with Crippen molar-refractivity contribution in [1.29, 1.82) is 0 Å². The molecule has 3 aromatic carbocycles. The van der Waals surface area contributed by atoms with E-state index in [-0.39, 0.29) is 30.3 Å². The van der Waals surface area contributed by atoms with Crippen molar-refractivity contribution in [2.75, 3.05) is 0 Å². The number of hydrogen-bond donors (Lipinski definition) is 2. The van der Waals surface area contributed by atoms with Crippen molar-refractivity contribution in [2.24, 2.45) is 5.92 Å². The third kappa shape index (κ3) is 6.03. The number of benzene rings is 3. The van der Waals surface area contributed by atoms with E-state index in [1.54, 1.807) is 24.3 Å². The lowest BCUT2D eigenvalue weighted by atomic mass is 10.0. The van der Waals surface area contributed by atoms with Gasteiger partial charge in [-0.2, -0.15) is 13.2 Å². The van der Waals surface area contributed by atoms with E-state index in [9.17, 15) is 27.9 Å². The van der Waals surface area contributed by atoms with E-state index in [0.717, 1.165) is 17.5 Å². The van der Waals surface area contributed by atoms with Gasteiger partial charge >= 0.3 is 12.1 Å². The van der Waals surface area contributed by atoms with Gasteiger partial charge in [0.05, 0.1) is 11.1 Å². The molecule has 3 aromatic rings. The van der Waals surface area contributed by atoms with E-state index in [0.29, 0.717) is 10.9 Å². The van der Waals surface area contributed by atoms with Crippen LogP contribution >= 0.6 is 0 Å². The van der Waals surface area contributed by atoms with Crippen molar-refractivity contribution >= 4 is 22.6 Å². The summed E-state index contributed by atoms with van der Waals surface area (Å²) in [6.07, 6.45) is -4.17. The van der Waals surface area contributed by atoms with Gasteiger partial charge in [0.25, 0.3) is 5.91 Å². The Labute approximate surface area is 189 Å². The van der Waals surface area contributed by atoms with Crippen LogP contribution in [0.4, 0.5) is 13.2 Å². The Bertz CT molecular complexity index is 1140. The maximum absolute atomic E-state index is 13.0. The number of halogens is 3. The first-order chi connectivity index (χ1) is 15.6. The first-order valence-electron chi connectivity index (χ1n) is 10.4. The lowest BCUT2D eigenvalue weighted by Gasteiger charge is -2.19. The van der Waals surface area contributed by atoms with Gasteiger partial charge in [-0.15, -0.1) is 0 Å². The quantitative estimate of drug-likeness (QED) is 0.455. The van der Waals surface area contributed by atoms with Crippen molar-refractivity contribution in [3.8, 4) is 5.75 Å². The van der Waals surface area contributed by atoms with Crippen LogP contribution < -0.4 is 10.1 Å². The van der Waals surface area contributed by atoms with Gasteiger partial charge in [-0.05, 0) is 41.5 Å². The molecule has 3 rings (SSSR count). The van der Waals surface area contributed by atoms with Gasteiger partial charge in [0.2, 0.25) is 0 Å². The minimum atomic E-state index is -4.43. The molecule has 0 aliphatic carbocycles. The number of rotatable bonds is 8. The van der Waals surface area contributed by atoms with Crippen LogP contribution in [-0.4, -0.2) is 23.0 Å². The predicted molar refractivity (Wildman–Crippen MR) is 118 cm³/mol. The van der Waals surface area contributed by atoms with Crippen molar-refractivity contribution in [3.05, 3.63) is 77.4 Å². The maximum Gasteiger partial charge on any atom is 0.416 e. The van der Waals surface area contributed by atoms with E-state index in [2.05, 4.69) is 5.32 Å². The van der Waals surface area contributed by atoms with Crippen LogP contribution in [-0.2, 0) is 17.6 Å². The van der Waals surface area contributed by atoms with Crippen LogP contribution in [0.1, 0.15) is 41.8 Å². The molecule has 0 saturated heterocycles. The molecule has 33 heavy (non-hydrogen) atoms. The topological polar surface area (TPSA) is 75.6 Å². The molecule has 0 fully saturated rings. The molecule has 0 heterocycles. The molecule has 0 aromatic heterocycles. The second-order valence-electron chi connectivity index (χ2n) is 8.14.